The highest BCUT2D eigenvalue weighted by Gasteiger charge is 2.30. The van der Waals surface area contributed by atoms with Crippen molar-refractivity contribution in [3.63, 3.8) is 0 Å². The Morgan fingerprint density at radius 1 is 1.12 bits per heavy atom. The molecule has 1 aliphatic heterocycles. The molecule has 1 aliphatic rings. The second-order valence-electron chi connectivity index (χ2n) is 6.07. The van der Waals surface area contributed by atoms with Crippen LogP contribution in [0.4, 0.5) is 0 Å². The van der Waals surface area contributed by atoms with Gasteiger partial charge in [-0.3, -0.25) is 4.79 Å². The van der Waals surface area contributed by atoms with Gasteiger partial charge in [0, 0.05) is 13.5 Å². The van der Waals surface area contributed by atoms with Crippen molar-refractivity contribution >= 4 is 5.91 Å². The van der Waals surface area contributed by atoms with E-state index in [4.69, 9.17) is 9.47 Å². The number of carbonyl (C=O) groups excluding carboxylic acids is 1. The van der Waals surface area contributed by atoms with Crippen LogP contribution in [-0.4, -0.2) is 31.6 Å². The Balaban J connectivity index is 2.04. The maximum absolute atomic E-state index is 12.2. The number of methoxy groups -OCH3 is 2. The van der Waals surface area contributed by atoms with Gasteiger partial charge in [-0.25, -0.2) is 0 Å². The molecular weight excluding hydrogens is 302 g/mol. The Bertz CT molecular complexity index is 727. The number of carbonyl (C=O) groups is 1. The summed E-state index contributed by atoms with van der Waals surface area (Å²) in [6.07, 6.45) is 1.63. The summed E-state index contributed by atoms with van der Waals surface area (Å²) in [5.41, 5.74) is 3.60. The summed E-state index contributed by atoms with van der Waals surface area (Å²) in [6, 6.07) is 14.4. The fraction of sp³-hybridized carbons (Fsp3) is 0.350. The predicted molar refractivity (Wildman–Crippen MR) is 93.5 cm³/mol. The Labute approximate surface area is 143 Å². The Morgan fingerprint density at radius 3 is 2.42 bits per heavy atom. The number of amides is 1. The zero-order chi connectivity index (χ0) is 17.1. The normalized spacial score (nSPS) is 16.5. The van der Waals surface area contributed by atoms with Gasteiger partial charge in [0.2, 0.25) is 5.91 Å². The van der Waals surface area contributed by atoms with E-state index in [1.54, 1.807) is 21.1 Å². The van der Waals surface area contributed by atoms with Crippen LogP contribution >= 0.6 is 0 Å². The van der Waals surface area contributed by atoms with Crippen molar-refractivity contribution < 1.29 is 14.3 Å². The highest BCUT2D eigenvalue weighted by molar-refractivity contribution is 5.74. The van der Waals surface area contributed by atoms with Gasteiger partial charge < -0.3 is 14.4 Å². The van der Waals surface area contributed by atoms with Crippen molar-refractivity contribution in [1.82, 2.24) is 4.90 Å². The smallest absolute Gasteiger partial charge is 0.219 e. The molecule has 3 rings (SSSR count). The zero-order valence-corrected chi connectivity index (χ0v) is 14.4. The van der Waals surface area contributed by atoms with Crippen LogP contribution < -0.4 is 9.47 Å². The van der Waals surface area contributed by atoms with Gasteiger partial charge in [-0.1, -0.05) is 30.3 Å². The lowest BCUT2D eigenvalue weighted by Gasteiger charge is -2.37. The molecule has 24 heavy (non-hydrogen) atoms. The molecule has 0 saturated carbocycles. The van der Waals surface area contributed by atoms with Crippen molar-refractivity contribution in [3.8, 4) is 11.5 Å². The Morgan fingerprint density at radius 2 is 1.79 bits per heavy atom. The van der Waals surface area contributed by atoms with E-state index in [0.29, 0.717) is 5.75 Å². The topological polar surface area (TPSA) is 38.8 Å². The molecule has 126 valence electrons. The van der Waals surface area contributed by atoms with Gasteiger partial charge in [-0.05, 0) is 41.7 Å². The second-order valence-corrected chi connectivity index (χ2v) is 6.07. The van der Waals surface area contributed by atoms with Crippen molar-refractivity contribution in [2.45, 2.75) is 25.8 Å². The molecule has 4 heteroatoms. The highest BCUT2D eigenvalue weighted by atomic mass is 16.5. The van der Waals surface area contributed by atoms with E-state index in [1.165, 1.54) is 11.1 Å². The van der Waals surface area contributed by atoms with Gasteiger partial charge in [0.25, 0.3) is 0 Å². The number of benzene rings is 2. The first kappa shape index (κ1) is 16.4. The van der Waals surface area contributed by atoms with E-state index in [-0.39, 0.29) is 11.9 Å². The zero-order valence-electron chi connectivity index (χ0n) is 14.4. The molecular formula is C20H23NO3. The van der Waals surface area contributed by atoms with Crippen LogP contribution in [0.1, 0.15) is 29.7 Å². The fourth-order valence-electron chi connectivity index (χ4n) is 3.46. The average Bonchev–Trinajstić information content (AvgIpc) is 2.61. The molecule has 4 nitrogen and oxygen atoms in total. The highest BCUT2D eigenvalue weighted by Crippen LogP contribution is 2.39. The number of rotatable bonds is 4. The monoisotopic (exact) mass is 325 g/mol. The van der Waals surface area contributed by atoms with Gasteiger partial charge in [0.1, 0.15) is 0 Å². The third-order valence-corrected chi connectivity index (χ3v) is 4.68. The van der Waals surface area contributed by atoms with Gasteiger partial charge in [0.15, 0.2) is 11.5 Å². The van der Waals surface area contributed by atoms with Crippen LogP contribution in [0, 0.1) is 0 Å². The first-order chi connectivity index (χ1) is 11.6. The summed E-state index contributed by atoms with van der Waals surface area (Å²) >= 11 is 0. The SMILES string of the molecule is COc1cc2c(cc1OC)C(Cc1ccccc1)N(C(C)=O)CC2. The molecule has 0 fully saturated rings. The molecule has 0 spiro atoms. The molecule has 0 aromatic heterocycles. The van der Waals surface area contributed by atoms with E-state index in [9.17, 15) is 4.79 Å². The molecule has 1 unspecified atom stereocenters. The quantitative estimate of drug-likeness (QED) is 0.865. The molecule has 0 aliphatic carbocycles. The van der Waals surface area contributed by atoms with Crippen LogP contribution in [0.2, 0.25) is 0 Å². The van der Waals surface area contributed by atoms with Crippen LogP contribution in [0.5, 0.6) is 11.5 Å². The molecule has 0 saturated heterocycles. The maximum Gasteiger partial charge on any atom is 0.219 e. The fourth-order valence-corrected chi connectivity index (χ4v) is 3.46. The molecule has 0 bridgehead atoms. The summed E-state index contributed by atoms with van der Waals surface area (Å²) < 4.78 is 10.9. The van der Waals surface area contributed by atoms with Crippen molar-refractivity contribution in [1.29, 1.82) is 0 Å². The summed E-state index contributed by atoms with van der Waals surface area (Å²) in [5.74, 6) is 1.56. The van der Waals surface area contributed by atoms with E-state index < -0.39 is 0 Å². The summed E-state index contributed by atoms with van der Waals surface area (Å²) in [4.78, 5) is 14.1. The van der Waals surface area contributed by atoms with E-state index in [1.807, 2.05) is 35.2 Å². The van der Waals surface area contributed by atoms with Crippen molar-refractivity contribution in [2.24, 2.45) is 0 Å². The first-order valence-electron chi connectivity index (χ1n) is 8.20. The first-order valence-corrected chi connectivity index (χ1v) is 8.20. The van der Waals surface area contributed by atoms with Gasteiger partial charge in [-0.15, -0.1) is 0 Å². The number of nitrogens with zero attached hydrogens (tertiary/aromatic N) is 1. The largest absolute Gasteiger partial charge is 0.493 e. The number of hydrogen-bond acceptors (Lipinski definition) is 3. The van der Waals surface area contributed by atoms with Crippen LogP contribution in [0.25, 0.3) is 0 Å². The molecule has 1 amide bonds. The van der Waals surface area contributed by atoms with Crippen LogP contribution in [-0.2, 0) is 17.6 Å². The standard InChI is InChI=1S/C20H23NO3/c1-14(22)21-10-9-16-12-19(23-2)20(24-3)13-17(16)18(21)11-15-7-5-4-6-8-15/h4-8,12-13,18H,9-11H2,1-3H3. The Kier molecular flexibility index (Phi) is 4.74. The molecule has 2 aromatic carbocycles. The predicted octanol–water partition coefficient (Wildman–Crippen LogP) is 3.39. The lowest BCUT2D eigenvalue weighted by molar-refractivity contribution is -0.131. The minimum Gasteiger partial charge on any atom is -0.493 e. The van der Waals surface area contributed by atoms with Crippen molar-refractivity contribution in [2.75, 3.05) is 20.8 Å². The van der Waals surface area contributed by atoms with Gasteiger partial charge >= 0.3 is 0 Å². The summed E-state index contributed by atoms with van der Waals surface area (Å²) in [6.45, 7) is 2.37. The maximum atomic E-state index is 12.2. The van der Waals surface area contributed by atoms with E-state index in [0.717, 1.165) is 30.7 Å². The number of ether oxygens (including phenoxy) is 2. The molecule has 2 aromatic rings. The summed E-state index contributed by atoms with van der Waals surface area (Å²) in [5, 5.41) is 0. The third kappa shape index (κ3) is 3.09. The third-order valence-electron chi connectivity index (χ3n) is 4.68. The second kappa shape index (κ2) is 6.95. The molecule has 0 N–H and O–H groups in total. The van der Waals surface area contributed by atoms with Crippen molar-refractivity contribution in [3.05, 3.63) is 59.2 Å². The summed E-state index contributed by atoms with van der Waals surface area (Å²) in [7, 11) is 3.29. The lowest BCUT2D eigenvalue weighted by atomic mass is 9.88. The van der Waals surface area contributed by atoms with Crippen LogP contribution in [0.3, 0.4) is 0 Å². The average molecular weight is 325 g/mol. The molecule has 0 radical (unpaired) electrons. The minimum atomic E-state index is 0.0217. The molecule has 1 atom stereocenters. The van der Waals surface area contributed by atoms with E-state index >= 15 is 0 Å². The van der Waals surface area contributed by atoms with Gasteiger partial charge in [-0.2, -0.15) is 0 Å². The Hall–Kier alpha value is -2.49. The number of hydrogen-bond donors (Lipinski definition) is 0. The van der Waals surface area contributed by atoms with E-state index in [2.05, 4.69) is 12.1 Å². The van der Waals surface area contributed by atoms with Crippen LogP contribution in [0.15, 0.2) is 42.5 Å². The van der Waals surface area contributed by atoms with Gasteiger partial charge in [0.05, 0.1) is 20.3 Å². The minimum absolute atomic E-state index is 0.0217. The number of fused-ring (bicyclic) bond motifs is 1. The lowest BCUT2D eigenvalue weighted by Crippen LogP contribution is -2.39. The molecule has 1 heterocycles.